The fraction of sp³-hybridized carbons (Fsp3) is 0.0204. The van der Waals surface area contributed by atoms with Gasteiger partial charge in [-0.25, -0.2) is 4.98 Å². The predicted molar refractivity (Wildman–Crippen MR) is 221 cm³/mol. The monoisotopic (exact) mass is 691 g/mol. The third-order valence-corrected chi connectivity index (χ3v) is 12.7. The van der Waals surface area contributed by atoms with Crippen molar-refractivity contribution in [3.63, 3.8) is 0 Å². The number of nitrogens with zero attached hydrogens (tertiary/aromatic N) is 3. The molecule has 4 heterocycles. The summed E-state index contributed by atoms with van der Waals surface area (Å²) in [7, 11) is 0. The lowest BCUT2D eigenvalue weighted by atomic mass is 9.65. The number of fused-ring (bicyclic) bond motifs is 15. The standard InChI is InChI=1S/C49H29N3S/c1-4-13-39-30(10-1)18-19-31-20-21-33(32-22-23-43-38(26-32)48-44(15-9-25-51-48)52(43)47-17-7-8-24-50-47)27-41(31)49(39)40-14-5-2-11-34(40)36-28-37-35-12-3-6-16-45(35)53-46(37)29-42(36)49/h1-29H. The van der Waals surface area contributed by atoms with Crippen molar-refractivity contribution in [1.29, 1.82) is 0 Å². The van der Waals surface area contributed by atoms with Crippen LogP contribution in [0.1, 0.15) is 33.4 Å². The van der Waals surface area contributed by atoms with E-state index in [1.165, 1.54) is 70.2 Å². The van der Waals surface area contributed by atoms with Crippen LogP contribution in [-0.4, -0.2) is 14.5 Å². The average Bonchev–Trinajstić information content (AvgIpc) is 3.81. The zero-order chi connectivity index (χ0) is 34.7. The average molecular weight is 692 g/mol. The van der Waals surface area contributed by atoms with Crippen LogP contribution in [0.3, 0.4) is 0 Å². The van der Waals surface area contributed by atoms with Crippen molar-refractivity contribution in [2.75, 3.05) is 0 Å². The second-order valence-electron chi connectivity index (χ2n) is 14.1. The lowest BCUT2D eigenvalue weighted by Gasteiger charge is -2.35. The van der Waals surface area contributed by atoms with Crippen molar-refractivity contribution >= 4 is 65.6 Å². The fourth-order valence-corrected chi connectivity index (χ4v) is 10.5. The van der Waals surface area contributed by atoms with Crippen molar-refractivity contribution in [3.05, 3.63) is 197 Å². The maximum absolute atomic E-state index is 4.89. The van der Waals surface area contributed by atoms with Crippen LogP contribution in [0.2, 0.25) is 0 Å². The molecular weight excluding hydrogens is 663 g/mol. The number of benzene rings is 6. The number of hydrogen-bond donors (Lipinski definition) is 0. The van der Waals surface area contributed by atoms with Crippen molar-refractivity contribution in [2.24, 2.45) is 0 Å². The van der Waals surface area contributed by atoms with Crippen LogP contribution in [0, 0.1) is 0 Å². The van der Waals surface area contributed by atoms with E-state index in [1.807, 2.05) is 41.9 Å². The molecular formula is C49H29N3S. The molecule has 53 heavy (non-hydrogen) atoms. The van der Waals surface area contributed by atoms with E-state index in [-0.39, 0.29) is 0 Å². The first kappa shape index (κ1) is 29.0. The van der Waals surface area contributed by atoms with E-state index in [0.717, 1.165) is 33.3 Å². The SMILES string of the molecule is C1=Cc2ccc(-c3ccc4c(c3)c3ncccc3n4-c3ccccn3)cc2C2(c3ccccc31)c1ccccc1-c1cc3c(cc12)sc1ccccc13. The molecule has 10 aromatic rings. The molecule has 0 saturated carbocycles. The first-order valence-electron chi connectivity index (χ1n) is 18.1. The third kappa shape index (κ3) is 3.88. The van der Waals surface area contributed by atoms with E-state index in [9.17, 15) is 0 Å². The van der Waals surface area contributed by atoms with E-state index in [1.54, 1.807) is 0 Å². The third-order valence-electron chi connectivity index (χ3n) is 11.5. The molecule has 0 fully saturated rings. The summed E-state index contributed by atoms with van der Waals surface area (Å²) in [5.74, 6) is 0.886. The van der Waals surface area contributed by atoms with Gasteiger partial charge in [-0.1, -0.05) is 103 Å². The normalized spacial score (nSPS) is 15.5. The van der Waals surface area contributed by atoms with Crippen LogP contribution >= 0.6 is 11.3 Å². The van der Waals surface area contributed by atoms with Gasteiger partial charge in [-0.15, -0.1) is 11.3 Å². The Morgan fingerprint density at radius 2 is 1.23 bits per heavy atom. The van der Waals surface area contributed by atoms with Gasteiger partial charge < -0.3 is 0 Å². The van der Waals surface area contributed by atoms with Gasteiger partial charge in [0.1, 0.15) is 5.82 Å². The zero-order valence-electron chi connectivity index (χ0n) is 28.5. The van der Waals surface area contributed by atoms with Gasteiger partial charge in [0.15, 0.2) is 0 Å². The van der Waals surface area contributed by atoms with E-state index in [0.29, 0.717) is 0 Å². The molecule has 6 aromatic carbocycles. The molecule has 0 aliphatic heterocycles. The van der Waals surface area contributed by atoms with Crippen LogP contribution < -0.4 is 0 Å². The van der Waals surface area contributed by atoms with Gasteiger partial charge in [0.25, 0.3) is 0 Å². The first-order chi connectivity index (χ1) is 26.3. The van der Waals surface area contributed by atoms with E-state index < -0.39 is 5.41 Å². The van der Waals surface area contributed by atoms with Gasteiger partial charge >= 0.3 is 0 Å². The van der Waals surface area contributed by atoms with Crippen LogP contribution in [-0.2, 0) is 5.41 Å². The summed E-state index contributed by atoms with van der Waals surface area (Å²) >= 11 is 1.90. The lowest BCUT2D eigenvalue weighted by molar-refractivity contribution is 0.768. The van der Waals surface area contributed by atoms with Crippen LogP contribution in [0.15, 0.2) is 164 Å². The Morgan fingerprint density at radius 1 is 0.453 bits per heavy atom. The van der Waals surface area contributed by atoms with Crippen LogP contribution in [0.4, 0.5) is 0 Å². The van der Waals surface area contributed by atoms with Gasteiger partial charge in [0.05, 0.1) is 22.0 Å². The predicted octanol–water partition coefficient (Wildman–Crippen LogP) is 12.5. The summed E-state index contributed by atoms with van der Waals surface area (Å²) in [4.78, 5) is 9.61. The maximum atomic E-state index is 4.89. The topological polar surface area (TPSA) is 30.7 Å². The molecule has 246 valence electrons. The van der Waals surface area contributed by atoms with Gasteiger partial charge in [-0.2, -0.15) is 0 Å². The summed E-state index contributed by atoms with van der Waals surface area (Å²) < 4.78 is 4.87. The molecule has 1 spiro atoms. The quantitative estimate of drug-likeness (QED) is 0.181. The summed E-state index contributed by atoms with van der Waals surface area (Å²) in [6.45, 7) is 0. The highest BCUT2D eigenvalue weighted by Crippen LogP contribution is 2.60. The van der Waals surface area contributed by atoms with Gasteiger partial charge in [-0.3, -0.25) is 9.55 Å². The Balaban J connectivity index is 1.15. The Kier molecular flexibility index (Phi) is 5.86. The molecule has 0 radical (unpaired) electrons. The Labute approximate surface area is 309 Å². The summed E-state index contributed by atoms with van der Waals surface area (Å²) in [6.07, 6.45) is 8.36. The number of thiophene rings is 1. The highest BCUT2D eigenvalue weighted by atomic mass is 32.1. The largest absolute Gasteiger partial charge is 0.292 e. The Hall–Kier alpha value is -6.62. The summed E-state index contributed by atoms with van der Waals surface area (Å²) in [5.41, 5.74) is 15.4. The van der Waals surface area contributed by atoms with Crippen LogP contribution in [0.25, 0.3) is 82.3 Å². The summed E-state index contributed by atoms with van der Waals surface area (Å²) in [6, 6.07) is 56.0. The van der Waals surface area contributed by atoms with Gasteiger partial charge in [-0.05, 0) is 116 Å². The van der Waals surface area contributed by atoms with Crippen molar-refractivity contribution in [2.45, 2.75) is 5.41 Å². The molecule has 0 amide bonds. The molecule has 3 nitrogen and oxygen atoms in total. The second-order valence-corrected chi connectivity index (χ2v) is 15.2. The second kappa shape index (κ2) is 10.7. The van der Waals surface area contributed by atoms with Crippen LogP contribution in [0.5, 0.6) is 0 Å². The Bertz CT molecular complexity index is 3180. The highest BCUT2D eigenvalue weighted by molar-refractivity contribution is 7.25. The number of hydrogen-bond acceptors (Lipinski definition) is 3. The minimum Gasteiger partial charge on any atom is -0.292 e. The van der Waals surface area contributed by atoms with E-state index in [2.05, 4.69) is 150 Å². The summed E-state index contributed by atoms with van der Waals surface area (Å²) in [5, 5.41) is 3.77. The minimum atomic E-state index is -0.512. The van der Waals surface area contributed by atoms with Crippen molar-refractivity contribution in [1.82, 2.24) is 14.5 Å². The molecule has 1 atom stereocenters. The zero-order valence-corrected chi connectivity index (χ0v) is 29.3. The van der Waals surface area contributed by atoms with Crippen molar-refractivity contribution in [3.8, 4) is 28.1 Å². The molecule has 0 bridgehead atoms. The van der Waals surface area contributed by atoms with Crippen molar-refractivity contribution < 1.29 is 0 Å². The lowest BCUT2D eigenvalue weighted by Crippen LogP contribution is -2.30. The van der Waals surface area contributed by atoms with E-state index in [4.69, 9.17) is 9.97 Å². The van der Waals surface area contributed by atoms with Gasteiger partial charge in [0, 0.05) is 38.0 Å². The molecule has 4 aromatic heterocycles. The minimum absolute atomic E-state index is 0.512. The number of aromatic nitrogens is 3. The first-order valence-corrected chi connectivity index (χ1v) is 18.9. The Morgan fingerprint density at radius 3 is 2.15 bits per heavy atom. The molecule has 1 unspecified atom stereocenters. The smallest absolute Gasteiger partial charge is 0.137 e. The highest BCUT2D eigenvalue weighted by Gasteiger charge is 2.48. The maximum Gasteiger partial charge on any atom is 0.137 e. The van der Waals surface area contributed by atoms with E-state index >= 15 is 0 Å². The fourth-order valence-electron chi connectivity index (χ4n) is 9.34. The molecule has 2 aliphatic rings. The molecule has 2 aliphatic carbocycles. The van der Waals surface area contributed by atoms with Gasteiger partial charge in [0.2, 0.25) is 0 Å². The molecule has 4 heteroatoms. The number of pyridine rings is 2. The number of rotatable bonds is 2. The molecule has 0 saturated heterocycles. The molecule has 12 rings (SSSR count). The molecule has 0 N–H and O–H groups in total.